The van der Waals surface area contributed by atoms with Crippen LogP contribution in [0.15, 0.2) is 41.6 Å². The summed E-state index contributed by atoms with van der Waals surface area (Å²) in [6.45, 7) is 0.585. The van der Waals surface area contributed by atoms with Crippen molar-refractivity contribution in [1.29, 1.82) is 0 Å². The number of benzene rings is 1. The van der Waals surface area contributed by atoms with Crippen LogP contribution in [0.25, 0.3) is 0 Å². The van der Waals surface area contributed by atoms with Crippen LogP contribution >= 0.6 is 0 Å². The Morgan fingerprint density at radius 3 is 2.78 bits per heavy atom. The van der Waals surface area contributed by atoms with Gasteiger partial charge in [-0.15, -0.1) is 0 Å². The minimum Gasteiger partial charge on any atom is -0.480 e. The number of carboxylic acid groups (broad SMARTS) is 1. The molecule has 2 aromatic rings. The summed E-state index contributed by atoms with van der Waals surface area (Å²) in [5.74, 6) is -0.487. The van der Waals surface area contributed by atoms with Gasteiger partial charge in [-0.1, -0.05) is 30.3 Å². The van der Waals surface area contributed by atoms with Crippen molar-refractivity contribution in [2.24, 2.45) is 0 Å². The van der Waals surface area contributed by atoms with Crippen molar-refractivity contribution in [2.45, 2.75) is 36.9 Å². The minimum atomic E-state index is -3.94. The number of sulfonamides is 1. The maximum Gasteiger partial charge on any atom is 0.322 e. The third kappa shape index (κ3) is 3.27. The van der Waals surface area contributed by atoms with E-state index in [2.05, 4.69) is 9.71 Å². The first kappa shape index (κ1) is 15.7. The molecule has 0 aliphatic carbocycles. The number of hydrogen-bond donors (Lipinski definition) is 2. The minimum absolute atomic E-state index is 0.0318. The lowest BCUT2D eigenvalue weighted by Crippen LogP contribution is -2.42. The van der Waals surface area contributed by atoms with Crippen LogP contribution in [-0.4, -0.2) is 35.1 Å². The number of fused-ring (bicyclic) bond motifs is 1. The lowest BCUT2D eigenvalue weighted by atomic mass is 10.1. The van der Waals surface area contributed by atoms with E-state index in [4.69, 9.17) is 0 Å². The molecule has 0 radical (unpaired) electrons. The lowest BCUT2D eigenvalue weighted by Gasteiger charge is -2.15. The zero-order chi connectivity index (χ0) is 16.4. The SMILES string of the molecule is O=C(O)[C@@H](Cc1ccccc1)NS(=O)(=O)c1cnc2n1CCC2. The molecule has 3 rings (SSSR count). The van der Waals surface area contributed by atoms with Gasteiger partial charge in [-0.3, -0.25) is 4.79 Å². The Labute approximate surface area is 134 Å². The summed E-state index contributed by atoms with van der Waals surface area (Å²) in [7, 11) is -3.94. The molecule has 1 aromatic carbocycles. The number of carbonyl (C=O) groups is 1. The third-order valence-corrected chi connectivity index (χ3v) is 5.31. The fraction of sp³-hybridized carbons (Fsp3) is 0.333. The molecule has 0 bridgehead atoms. The van der Waals surface area contributed by atoms with Crippen molar-refractivity contribution in [1.82, 2.24) is 14.3 Å². The Morgan fingerprint density at radius 2 is 2.09 bits per heavy atom. The maximum absolute atomic E-state index is 12.5. The molecule has 0 spiro atoms. The van der Waals surface area contributed by atoms with Crippen LogP contribution < -0.4 is 4.72 Å². The van der Waals surface area contributed by atoms with Crippen LogP contribution in [0, 0.1) is 0 Å². The molecule has 2 heterocycles. The number of aryl methyl sites for hydroxylation is 1. The molecule has 0 unspecified atom stereocenters. The summed E-state index contributed by atoms with van der Waals surface area (Å²) in [4.78, 5) is 15.5. The average molecular weight is 335 g/mol. The third-order valence-electron chi connectivity index (χ3n) is 3.84. The molecule has 7 nitrogen and oxygen atoms in total. The largest absolute Gasteiger partial charge is 0.480 e. The van der Waals surface area contributed by atoms with E-state index in [1.807, 2.05) is 6.07 Å². The Morgan fingerprint density at radius 1 is 1.35 bits per heavy atom. The van der Waals surface area contributed by atoms with Crippen LogP contribution in [0.4, 0.5) is 0 Å². The fourth-order valence-corrected chi connectivity index (χ4v) is 4.08. The van der Waals surface area contributed by atoms with Gasteiger partial charge in [0.1, 0.15) is 11.9 Å². The predicted molar refractivity (Wildman–Crippen MR) is 82.4 cm³/mol. The van der Waals surface area contributed by atoms with E-state index in [1.165, 1.54) is 6.20 Å². The topological polar surface area (TPSA) is 101 Å². The standard InChI is InChI=1S/C15H17N3O4S/c19-15(20)12(9-11-5-2-1-3-6-11)17-23(21,22)14-10-16-13-7-4-8-18(13)14/h1-3,5-6,10,12,17H,4,7-9H2,(H,19,20)/t12-/m1/s1. The lowest BCUT2D eigenvalue weighted by molar-refractivity contribution is -0.138. The highest BCUT2D eigenvalue weighted by molar-refractivity contribution is 7.89. The fourth-order valence-electron chi connectivity index (χ4n) is 2.72. The molecule has 122 valence electrons. The molecular weight excluding hydrogens is 318 g/mol. The summed E-state index contributed by atoms with van der Waals surface area (Å²) in [5.41, 5.74) is 0.751. The number of rotatable bonds is 6. The highest BCUT2D eigenvalue weighted by Gasteiger charge is 2.30. The van der Waals surface area contributed by atoms with E-state index in [-0.39, 0.29) is 11.4 Å². The predicted octanol–water partition coefficient (Wildman–Crippen LogP) is 0.803. The number of hydrogen-bond acceptors (Lipinski definition) is 4. The van der Waals surface area contributed by atoms with E-state index in [1.54, 1.807) is 28.8 Å². The van der Waals surface area contributed by atoms with E-state index in [9.17, 15) is 18.3 Å². The average Bonchev–Trinajstić information content (AvgIpc) is 3.10. The van der Waals surface area contributed by atoms with Crippen LogP contribution in [0.3, 0.4) is 0 Å². The number of imidazole rings is 1. The molecule has 0 saturated carbocycles. The first-order valence-electron chi connectivity index (χ1n) is 7.31. The van der Waals surface area contributed by atoms with E-state index < -0.39 is 22.0 Å². The molecular formula is C15H17N3O4S. The second kappa shape index (κ2) is 6.13. The van der Waals surface area contributed by atoms with Crippen molar-refractivity contribution in [3.63, 3.8) is 0 Å². The van der Waals surface area contributed by atoms with Gasteiger partial charge in [0.2, 0.25) is 0 Å². The van der Waals surface area contributed by atoms with Gasteiger partial charge in [0.25, 0.3) is 10.0 Å². The summed E-state index contributed by atoms with van der Waals surface area (Å²) in [6.07, 6.45) is 2.95. The van der Waals surface area contributed by atoms with Crippen molar-refractivity contribution in [2.75, 3.05) is 0 Å². The van der Waals surface area contributed by atoms with Gasteiger partial charge >= 0.3 is 5.97 Å². The summed E-state index contributed by atoms with van der Waals surface area (Å²) >= 11 is 0. The van der Waals surface area contributed by atoms with Crippen molar-refractivity contribution in [3.05, 3.63) is 47.9 Å². The van der Waals surface area contributed by atoms with Crippen molar-refractivity contribution >= 4 is 16.0 Å². The van der Waals surface area contributed by atoms with Gasteiger partial charge in [-0.25, -0.2) is 13.4 Å². The summed E-state index contributed by atoms with van der Waals surface area (Å²) < 4.78 is 29.0. The second-order valence-electron chi connectivity index (χ2n) is 5.47. The zero-order valence-electron chi connectivity index (χ0n) is 12.3. The molecule has 1 aromatic heterocycles. The number of nitrogens with one attached hydrogen (secondary N) is 1. The van der Waals surface area contributed by atoms with E-state index in [0.717, 1.165) is 24.2 Å². The normalized spacial score (nSPS) is 15.3. The zero-order valence-corrected chi connectivity index (χ0v) is 13.2. The summed E-state index contributed by atoms with van der Waals surface area (Å²) in [6, 6.07) is 7.69. The van der Waals surface area contributed by atoms with Gasteiger partial charge in [0, 0.05) is 13.0 Å². The van der Waals surface area contributed by atoms with Gasteiger partial charge in [-0.05, 0) is 18.4 Å². The number of aromatic nitrogens is 2. The van der Waals surface area contributed by atoms with E-state index in [0.29, 0.717) is 6.54 Å². The Hall–Kier alpha value is -2.19. The van der Waals surface area contributed by atoms with Crippen molar-refractivity contribution < 1.29 is 18.3 Å². The Kier molecular flexibility index (Phi) is 4.18. The molecule has 0 amide bonds. The van der Waals surface area contributed by atoms with Crippen LogP contribution in [0.2, 0.25) is 0 Å². The first-order chi connectivity index (χ1) is 11.0. The van der Waals surface area contributed by atoms with E-state index >= 15 is 0 Å². The van der Waals surface area contributed by atoms with Crippen molar-refractivity contribution in [3.8, 4) is 0 Å². The Balaban J connectivity index is 1.83. The quantitative estimate of drug-likeness (QED) is 0.813. The monoisotopic (exact) mass is 335 g/mol. The molecule has 1 aliphatic heterocycles. The van der Waals surface area contributed by atoms with Gasteiger partial charge in [0.05, 0.1) is 6.20 Å². The molecule has 0 saturated heterocycles. The smallest absolute Gasteiger partial charge is 0.322 e. The van der Waals surface area contributed by atoms with Crippen LogP contribution in [-0.2, 0) is 34.2 Å². The molecule has 23 heavy (non-hydrogen) atoms. The molecule has 1 atom stereocenters. The Bertz CT molecular complexity index is 815. The molecule has 1 aliphatic rings. The number of carboxylic acids is 1. The maximum atomic E-state index is 12.5. The van der Waals surface area contributed by atoms with Crippen LogP contribution in [0.5, 0.6) is 0 Å². The van der Waals surface area contributed by atoms with Gasteiger partial charge in [0.15, 0.2) is 5.03 Å². The number of aliphatic carboxylic acids is 1. The first-order valence-corrected chi connectivity index (χ1v) is 8.79. The molecule has 2 N–H and O–H groups in total. The molecule has 8 heteroatoms. The highest BCUT2D eigenvalue weighted by atomic mass is 32.2. The van der Waals surface area contributed by atoms with Gasteiger partial charge < -0.3 is 9.67 Å². The highest BCUT2D eigenvalue weighted by Crippen LogP contribution is 2.20. The van der Waals surface area contributed by atoms with Crippen LogP contribution in [0.1, 0.15) is 17.8 Å². The molecule has 0 fully saturated rings. The van der Waals surface area contributed by atoms with Gasteiger partial charge in [-0.2, -0.15) is 4.72 Å². The summed E-state index contributed by atoms with van der Waals surface area (Å²) in [5, 5.41) is 9.37. The number of nitrogens with zero attached hydrogens (tertiary/aromatic N) is 2. The second-order valence-corrected chi connectivity index (χ2v) is 7.13.